The molecule has 0 rings (SSSR count). The number of rotatable bonds is 18. The number of hydrogen-bond acceptors (Lipinski definition) is 8. The lowest BCUT2D eigenvalue weighted by molar-refractivity contribution is -0.139. The molecule has 0 saturated heterocycles. The van der Waals surface area contributed by atoms with Gasteiger partial charge in [0.05, 0.1) is 72.7 Å². The molecule has 0 spiro atoms. The van der Waals surface area contributed by atoms with Gasteiger partial charge in [-0.05, 0) is 0 Å². The van der Waals surface area contributed by atoms with Crippen LogP contribution in [-0.2, 0) is 33.2 Å². The van der Waals surface area contributed by atoms with Crippen molar-refractivity contribution in [2.24, 2.45) is 0 Å². The summed E-state index contributed by atoms with van der Waals surface area (Å²) >= 11 is 0. The van der Waals surface area contributed by atoms with E-state index in [9.17, 15) is 4.79 Å². The molecule has 8 nitrogen and oxygen atoms in total. The highest BCUT2D eigenvalue weighted by Gasteiger charge is 1.95. The number of aliphatic hydroxyl groups is 1. The van der Waals surface area contributed by atoms with E-state index in [4.69, 9.17) is 33.5 Å². The Morgan fingerprint density at radius 3 is 1.39 bits per heavy atom. The van der Waals surface area contributed by atoms with Crippen molar-refractivity contribution in [3.8, 4) is 0 Å². The number of carbonyl (C=O) groups is 1. The topological polar surface area (TPSA) is 92.7 Å². The Balaban J connectivity index is 3.00. The van der Waals surface area contributed by atoms with E-state index in [1.165, 1.54) is 0 Å². The van der Waals surface area contributed by atoms with Gasteiger partial charge in [-0.25, -0.2) is 4.79 Å². The predicted octanol–water partition coefficient (Wildman–Crippen LogP) is -0.209. The fourth-order valence-electron chi connectivity index (χ4n) is 1.31. The maximum Gasteiger partial charge on any atom is 0.330 e. The lowest BCUT2D eigenvalue weighted by Crippen LogP contribution is -2.14. The molecule has 0 aromatic carbocycles. The van der Waals surface area contributed by atoms with Crippen LogP contribution in [0.3, 0.4) is 0 Å². The van der Waals surface area contributed by atoms with Crippen LogP contribution in [0.4, 0.5) is 0 Å². The van der Waals surface area contributed by atoms with E-state index >= 15 is 0 Å². The van der Waals surface area contributed by atoms with Gasteiger partial charge in [0.15, 0.2) is 0 Å². The Labute approximate surface area is 137 Å². The summed E-state index contributed by atoms with van der Waals surface area (Å²) in [5, 5.41) is 8.48. The van der Waals surface area contributed by atoms with Crippen LogP contribution in [0.1, 0.15) is 0 Å². The molecule has 0 aliphatic heterocycles. The van der Waals surface area contributed by atoms with Crippen molar-refractivity contribution in [1.29, 1.82) is 0 Å². The fourth-order valence-corrected chi connectivity index (χ4v) is 1.31. The zero-order valence-electron chi connectivity index (χ0n) is 13.6. The van der Waals surface area contributed by atoms with Gasteiger partial charge in [-0.1, -0.05) is 6.58 Å². The smallest absolute Gasteiger partial charge is 0.330 e. The first-order valence-corrected chi connectivity index (χ1v) is 7.60. The predicted molar refractivity (Wildman–Crippen MR) is 82.3 cm³/mol. The molecule has 0 radical (unpaired) electrons. The van der Waals surface area contributed by atoms with Gasteiger partial charge < -0.3 is 33.5 Å². The van der Waals surface area contributed by atoms with Crippen molar-refractivity contribution < 1.29 is 38.3 Å². The summed E-state index contributed by atoms with van der Waals surface area (Å²) in [5.41, 5.74) is 0. The molecule has 0 amide bonds. The summed E-state index contributed by atoms with van der Waals surface area (Å²) in [5.74, 6) is -0.455. The van der Waals surface area contributed by atoms with Crippen molar-refractivity contribution in [3.63, 3.8) is 0 Å². The molecule has 136 valence electrons. The van der Waals surface area contributed by atoms with Crippen LogP contribution in [-0.4, -0.2) is 90.4 Å². The molecular weight excluding hydrogens is 308 g/mol. The second-order valence-electron chi connectivity index (χ2n) is 4.16. The van der Waals surface area contributed by atoms with E-state index in [0.29, 0.717) is 66.1 Å². The molecule has 0 saturated carbocycles. The normalized spacial score (nSPS) is 10.7. The van der Waals surface area contributed by atoms with Gasteiger partial charge in [0.2, 0.25) is 0 Å². The first kappa shape index (κ1) is 22.0. The molecule has 0 heterocycles. The van der Waals surface area contributed by atoms with Gasteiger partial charge in [-0.3, -0.25) is 0 Å². The summed E-state index contributed by atoms with van der Waals surface area (Å²) in [7, 11) is 0. The van der Waals surface area contributed by atoms with Crippen molar-refractivity contribution in [1.82, 2.24) is 0 Å². The van der Waals surface area contributed by atoms with Gasteiger partial charge in [0.1, 0.15) is 6.61 Å². The highest BCUT2D eigenvalue weighted by molar-refractivity contribution is 5.81. The molecule has 0 aliphatic rings. The molecule has 0 fully saturated rings. The minimum atomic E-state index is -0.455. The summed E-state index contributed by atoms with van der Waals surface area (Å²) in [4.78, 5) is 10.7. The Morgan fingerprint density at radius 2 is 1.04 bits per heavy atom. The monoisotopic (exact) mass is 336 g/mol. The maximum absolute atomic E-state index is 10.7. The standard InChI is InChI=1S/C15H28O8/c1-2-15(17)23-14-13-22-12-11-21-10-9-20-8-7-19-6-5-18-4-3-16/h2,16H,1,3-14H2. The molecular formula is C15H28O8. The maximum atomic E-state index is 10.7. The van der Waals surface area contributed by atoms with Crippen LogP contribution in [0.2, 0.25) is 0 Å². The Bertz CT molecular complexity index is 272. The number of carbonyl (C=O) groups excluding carboxylic acids is 1. The van der Waals surface area contributed by atoms with E-state index in [2.05, 4.69) is 6.58 Å². The SMILES string of the molecule is C=CC(=O)OCCOCCOCCOCCOCCOCCO. The molecule has 23 heavy (non-hydrogen) atoms. The van der Waals surface area contributed by atoms with E-state index in [1.807, 2.05) is 0 Å². The fraction of sp³-hybridized carbons (Fsp3) is 0.800. The van der Waals surface area contributed by atoms with Crippen LogP contribution in [0, 0.1) is 0 Å². The summed E-state index contributed by atoms with van der Waals surface area (Å²) in [6.07, 6.45) is 1.11. The average Bonchev–Trinajstić information content (AvgIpc) is 2.57. The quantitative estimate of drug-likeness (QED) is 0.209. The number of hydrogen-bond donors (Lipinski definition) is 1. The largest absolute Gasteiger partial charge is 0.460 e. The van der Waals surface area contributed by atoms with E-state index in [1.54, 1.807) is 0 Å². The first-order valence-electron chi connectivity index (χ1n) is 7.60. The third kappa shape index (κ3) is 18.9. The molecule has 0 aromatic heterocycles. The van der Waals surface area contributed by atoms with Gasteiger partial charge >= 0.3 is 5.97 Å². The zero-order valence-corrected chi connectivity index (χ0v) is 13.6. The zero-order chi connectivity index (χ0) is 17.0. The molecule has 0 aromatic rings. The second kappa shape index (κ2) is 19.0. The lowest BCUT2D eigenvalue weighted by Gasteiger charge is -2.07. The highest BCUT2D eigenvalue weighted by atomic mass is 16.6. The molecule has 0 unspecified atom stereocenters. The van der Waals surface area contributed by atoms with E-state index in [-0.39, 0.29) is 13.2 Å². The summed E-state index contributed by atoms with van der Waals surface area (Å²) in [6, 6.07) is 0. The highest BCUT2D eigenvalue weighted by Crippen LogP contribution is 1.85. The van der Waals surface area contributed by atoms with Gasteiger partial charge in [-0.15, -0.1) is 0 Å². The van der Waals surface area contributed by atoms with Crippen molar-refractivity contribution in [2.75, 3.05) is 79.3 Å². The molecule has 0 bridgehead atoms. The third-order valence-electron chi connectivity index (χ3n) is 2.36. The van der Waals surface area contributed by atoms with Crippen LogP contribution in [0.15, 0.2) is 12.7 Å². The minimum Gasteiger partial charge on any atom is -0.460 e. The Morgan fingerprint density at radius 1 is 0.696 bits per heavy atom. The first-order chi connectivity index (χ1) is 11.3. The van der Waals surface area contributed by atoms with Crippen LogP contribution in [0.5, 0.6) is 0 Å². The molecule has 0 atom stereocenters. The van der Waals surface area contributed by atoms with Crippen LogP contribution in [0.25, 0.3) is 0 Å². The average molecular weight is 336 g/mol. The van der Waals surface area contributed by atoms with Crippen molar-refractivity contribution >= 4 is 5.97 Å². The minimum absolute atomic E-state index is 0.0247. The van der Waals surface area contributed by atoms with Gasteiger partial charge in [0, 0.05) is 6.08 Å². The number of ether oxygens (including phenoxy) is 6. The number of aliphatic hydroxyl groups excluding tert-OH is 1. The summed E-state index contributed by atoms with van der Waals surface area (Å²) in [6.45, 7) is 7.99. The van der Waals surface area contributed by atoms with Crippen LogP contribution < -0.4 is 0 Å². The Hall–Kier alpha value is -1.03. The van der Waals surface area contributed by atoms with Gasteiger partial charge in [0.25, 0.3) is 0 Å². The van der Waals surface area contributed by atoms with Gasteiger partial charge in [-0.2, -0.15) is 0 Å². The second-order valence-corrected chi connectivity index (χ2v) is 4.16. The van der Waals surface area contributed by atoms with E-state index < -0.39 is 5.97 Å². The number of esters is 1. The van der Waals surface area contributed by atoms with Crippen molar-refractivity contribution in [2.45, 2.75) is 0 Å². The van der Waals surface area contributed by atoms with Crippen molar-refractivity contribution in [3.05, 3.63) is 12.7 Å². The van der Waals surface area contributed by atoms with E-state index in [0.717, 1.165) is 6.08 Å². The third-order valence-corrected chi connectivity index (χ3v) is 2.36. The Kier molecular flexibility index (Phi) is 18.2. The molecule has 1 N–H and O–H groups in total. The lowest BCUT2D eigenvalue weighted by atomic mass is 10.6. The summed E-state index contributed by atoms with van der Waals surface area (Å²) < 4.78 is 30.8. The molecule has 0 aliphatic carbocycles. The van der Waals surface area contributed by atoms with Crippen LogP contribution >= 0.6 is 0 Å². The molecule has 8 heteroatoms.